The van der Waals surface area contributed by atoms with E-state index >= 15 is 0 Å². The van der Waals surface area contributed by atoms with E-state index in [0.29, 0.717) is 17.9 Å². The predicted molar refractivity (Wildman–Crippen MR) is 123 cm³/mol. The fraction of sp³-hybridized carbons (Fsp3) is 0.625. The highest BCUT2D eigenvalue weighted by molar-refractivity contribution is 6.73. The van der Waals surface area contributed by atoms with Crippen LogP contribution in [0.1, 0.15) is 67.7 Å². The zero-order chi connectivity index (χ0) is 21.0. The molecule has 0 heterocycles. The Kier molecular flexibility index (Phi) is 12.5. The van der Waals surface area contributed by atoms with Crippen molar-refractivity contribution in [2.45, 2.75) is 92.0 Å². The summed E-state index contributed by atoms with van der Waals surface area (Å²) in [6, 6.07) is 3.54. The lowest BCUT2D eigenvalue weighted by molar-refractivity contribution is -0.104. The molecule has 0 unspecified atom stereocenters. The van der Waals surface area contributed by atoms with Crippen molar-refractivity contribution in [3.05, 3.63) is 47.6 Å². The molecule has 0 aliphatic heterocycles. The summed E-state index contributed by atoms with van der Waals surface area (Å²) in [6.45, 7) is 23.5. The van der Waals surface area contributed by atoms with Gasteiger partial charge in [-0.1, -0.05) is 71.1 Å². The Balaban J connectivity index is 5.00. The lowest BCUT2D eigenvalue weighted by Crippen LogP contribution is -2.40. The van der Waals surface area contributed by atoms with Gasteiger partial charge in [0.05, 0.1) is 6.10 Å². The van der Waals surface area contributed by atoms with E-state index in [0.717, 1.165) is 24.7 Å². The molecular formula is C24H42O2Si. The van der Waals surface area contributed by atoms with Gasteiger partial charge in [0.15, 0.2) is 8.32 Å². The number of hydrogen-bond acceptors (Lipinski definition) is 2. The summed E-state index contributed by atoms with van der Waals surface area (Å²) in [6.07, 6.45) is 8.06. The zero-order valence-corrected chi connectivity index (χ0v) is 19.9. The van der Waals surface area contributed by atoms with E-state index < -0.39 is 8.32 Å². The van der Waals surface area contributed by atoms with E-state index in [-0.39, 0.29) is 6.10 Å². The van der Waals surface area contributed by atoms with E-state index in [1.165, 1.54) is 29.3 Å². The molecule has 2 nitrogen and oxygen atoms in total. The predicted octanol–water partition coefficient (Wildman–Crippen LogP) is 7.41. The monoisotopic (exact) mass is 390 g/mol. The van der Waals surface area contributed by atoms with Gasteiger partial charge in [0, 0.05) is 0 Å². The molecule has 0 fully saturated rings. The molecule has 2 atom stereocenters. The van der Waals surface area contributed by atoms with Crippen LogP contribution in [0.4, 0.5) is 0 Å². The Morgan fingerprint density at radius 2 is 1.59 bits per heavy atom. The van der Waals surface area contributed by atoms with E-state index in [2.05, 4.69) is 73.8 Å². The number of carbonyl (C=O) groups excluding carboxylic acids is 1. The maximum absolute atomic E-state index is 10.7. The molecule has 0 spiro atoms. The fourth-order valence-corrected chi connectivity index (χ4v) is 6.65. The van der Waals surface area contributed by atoms with Crippen molar-refractivity contribution in [2.24, 2.45) is 5.92 Å². The van der Waals surface area contributed by atoms with Gasteiger partial charge in [-0.3, -0.25) is 4.79 Å². The molecule has 27 heavy (non-hydrogen) atoms. The summed E-state index contributed by atoms with van der Waals surface area (Å²) in [5.74, 6) is 0.386. The van der Waals surface area contributed by atoms with Crippen LogP contribution in [0.3, 0.4) is 0 Å². The minimum absolute atomic E-state index is 0.205. The van der Waals surface area contributed by atoms with Crippen LogP contribution in [-0.4, -0.2) is 20.7 Å². The molecule has 0 amide bonds. The van der Waals surface area contributed by atoms with Crippen LogP contribution in [0, 0.1) is 5.92 Å². The van der Waals surface area contributed by atoms with Crippen molar-refractivity contribution in [1.82, 2.24) is 0 Å². The Bertz CT molecular complexity index is 544. The van der Waals surface area contributed by atoms with Crippen molar-refractivity contribution in [2.75, 3.05) is 0 Å². The van der Waals surface area contributed by atoms with Crippen LogP contribution < -0.4 is 0 Å². The van der Waals surface area contributed by atoms with E-state index in [4.69, 9.17) is 4.43 Å². The molecule has 0 bridgehead atoms. The molecule has 0 saturated heterocycles. The van der Waals surface area contributed by atoms with Gasteiger partial charge in [-0.05, 0) is 68.3 Å². The van der Waals surface area contributed by atoms with Crippen molar-refractivity contribution < 1.29 is 9.22 Å². The number of aldehydes is 1. The van der Waals surface area contributed by atoms with Crippen molar-refractivity contribution >= 4 is 14.6 Å². The topological polar surface area (TPSA) is 26.3 Å². The third-order valence-electron chi connectivity index (χ3n) is 5.46. The standard InChI is InChI=1S/C24H42O2Si/c1-10-24(26-27(11-2,12-3)13-4)23(9)17-21(7)15-19(5)14-20(6)16-22(8)18-25/h14,17-19,24H,7-8,10-13,15-16H2,1-6,9H3/b20-14+,23-17+/t19-,24+/m1/s1. The maximum Gasteiger partial charge on any atom is 0.192 e. The highest BCUT2D eigenvalue weighted by Gasteiger charge is 2.31. The molecular weight excluding hydrogens is 348 g/mol. The van der Waals surface area contributed by atoms with E-state index in [9.17, 15) is 4.79 Å². The lowest BCUT2D eigenvalue weighted by atomic mass is 9.96. The molecule has 0 aromatic heterocycles. The second-order valence-corrected chi connectivity index (χ2v) is 12.7. The summed E-state index contributed by atoms with van der Waals surface area (Å²) in [7, 11) is -1.61. The Morgan fingerprint density at radius 3 is 2.04 bits per heavy atom. The molecule has 3 heteroatoms. The average Bonchev–Trinajstić information content (AvgIpc) is 2.62. The molecule has 0 aliphatic rings. The van der Waals surface area contributed by atoms with Crippen molar-refractivity contribution in [3.8, 4) is 0 Å². The van der Waals surface area contributed by atoms with Gasteiger partial charge < -0.3 is 4.43 Å². The van der Waals surface area contributed by atoms with E-state index in [1.54, 1.807) is 0 Å². The van der Waals surface area contributed by atoms with Gasteiger partial charge in [0.2, 0.25) is 0 Å². The molecule has 154 valence electrons. The van der Waals surface area contributed by atoms with Gasteiger partial charge in [-0.25, -0.2) is 0 Å². The lowest BCUT2D eigenvalue weighted by Gasteiger charge is -2.33. The minimum atomic E-state index is -1.61. The Hall–Kier alpha value is -1.19. The summed E-state index contributed by atoms with van der Waals surface area (Å²) in [4.78, 5) is 10.7. The quantitative estimate of drug-likeness (QED) is 0.101. The summed E-state index contributed by atoms with van der Waals surface area (Å²) in [5.41, 5.74) is 4.24. The van der Waals surface area contributed by atoms with Gasteiger partial charge in [0.1, 0.15) is 6.29 Å². The van der Waals surface area contributed by atoms with Gasteiger partial charge >= 0.3 is 0 Å². The Morgan fingerprint density at radius 1 is 1.04 bits per heavy atom. The molecule has 0 aromatic carbocycles. The SMILES string of the molecule is C=C(C=O)C/C(C)=C/[C@@H](C)CC(=C)/C=C(\C)[C@H](CC)O[Si](CC)(CC)CC. The second kappa shape index (κ2) is 13.1. The second-order valence-electron chi connectivity index (χ2n) is 7.95. The van der Waals surface area contributed by atoms with Crippen LogP contribution in [-0.2, 0) is 9.22 Å². The highest BCUT2D eigenvalue weighted by atomic mass is 28.4. The minimum Gasteiger partial charge on any atom is -0.410 e. The van der Waals surface area contributed by atoms with Crippen LogP contribution in [0.15, 0.2) is 47.6 Å². The van der Waals surface area contributed by atoms with Crippen LogP contribution in [0.5, 0.6) is 0 Å². The first-order valence-corrected chi connectivity index (χ1v) is 13.0. The first kappa shape index (κ1) is 25.8. The average molecular weight is 391 g/mol. The third kappa shape index (κ3) is 9.52. The molecule has 0 N–H and O–H groups in total. The third-order valence-corrected chi connectivity index (χ3v) is 10.1. The smallest absolute Gasteiger partial charge is 0.192 e. The summed E-state index contributed by atoms with van der Waals surface area (Å²) < 4.78 is 6.70. The number of rotatable bonds is 14. The van der Waals surface area contributed by atoms with Gasteiger partial charge in [-0.15, -0.1) is 0 Å². The molecule has 0 aromatic rings. The van der Waals surface area contributed by atoms with E-state index in [1.807, 2.05) is 0 Å². The van der Waals surface area contributed by atoms with Crippen LogP contribution in [0.25, 0.3) is 0 Å². The Labute approximate surface area is 169 Å². The highest BCUT2D eigenvalue weighted by Crippen LogP contribution is 2.28. The first-order chi connectivity index (χ1) is 12.7. The first-order valence-electron chi connectivity index (χ1n) is 10.5. The van der Waals surface area contributed by atoms with Crippen molar-refractivity contribution in [3.63, 3.8) is 0 Å². The van der Waals surface area contributed by atoms with Crippen LogP contribution >= 0.6 is 0 Å². The number of hydrogen-bond donors (Lipinski definition) is 0. The van der Waals surface area contributed by atoms with Gasteiger partial charge in [-0.2, -0.15) is 0 Å². The maximum atomic E-state index is 10.7. The number of carbonyl (C=O) groups is 1. The number of allylic oxidation sites excluding steroid dienone is 5. The zero-order valence-electron chi connectivity index (χ0n) is 18.9. The van der Waals surface area contributed by atoms with Crippen LogP contribution in [0.2, 0.25) is 18.1 Å². The fourth-order valence-electron chi connectivity index (χ4n) is 3.69. The van der Waals surface area contributed by atoms with Gasteiger partial charge in [0.25, 0.3) is 0 Å². The molecule has 0 rings (SSSR count). The van der Waals surface area contributed by atoms with Crippen molar-refractivity contribution in [1.29, 1.82) is 0 Å². The molecule has 0 aliphatic carbocycles. The molecule has 0 saturated carbocycles. The largest absolute Gasteiger partial charge is 0.410 e. The summed E-state index contributed by atoms with van der Waals surface area (Å²) >= 11 is 0. The normalized spacial score (nSPS) is 15.4. The molecule has 0 radical (unpaired) electrons. The summed E-state index contributed by atoms with van der Waals surface area (Å²) in [5, 5.41) is 0.